The van der Waals surface area contributed by atoms with Crippen molar-refractivity contribution < 1.29 is 4.42 Å². The van der Waals surface area contributed by atoms with Gasteiger partial charge < -0.3 is 15.5 Å². The predicted octanol–water partition coefficient (Wildman–Crippen LogP) is 4.60. The number of nitrogen functional groups attached to an aromatic ring is 1. The molecular formula is C19H23N3O. The normalized spacial score (nSPS) is 14.0. The molecule has 0 radical (unpaired) electrons. The maximum Gasteiger partial charge on any atom is 0.292 e. The van der Waals surface area contributed by atoms with Crippen LogP contribution in [0.2, 0.25) is 0 Å². The molecule has 0 aliphatic carbocycles. The van der Waals surface area contributed by atoms with Crippen LogP contribution in [0.25, 0.3) is 11.1 Å². The van der Waals surface area contributed by atoms with E-state index in [1.54, 1.807) is 0 Å². The molecule has 3 rings (SSSR count). The summed E-state index contributed by atoms with van der Waals surface area (Å²) in [5.41, 5.74) is 9.65. The lowest BCUT2D eigenvalue weighted by molar-refractivity contribution is 0.439. The molecule has 2 unspecified atom stereocenters. The first-order valence-electron chi connectivity index (χ1n) is 8.14. The van der Waals surface area contributed by atoms with Crippen molar-refractivity contribution in [2.75, 3.05) is 5.73 Å². The predicted molar refractivity (Wildman–Crippen MR) is 94.1 cm³/mol. The minimum absolute atomic E-state index is 0.211. The topological polar surface area (TPSA) is 64.1 Å². The summed E-state index contributed by atoms with van der Waals surface area (Å²) < 4.78 is 5.43. The molecule has 0 saturated heterocycles. The van der Waals surface area contributed by atoms with Gasteiger partial charge in [0.25, 0.3) is 6.01 Å². The number of fused-ring (bicyclic) bond motifs is 1. The molecule has 1 aromatic heterocycles. The molecule has 3 aromatic rings. The first-order chi connectivity index (χ1) is 11.2. The number of hydrogen-bond acceptors (Lipinski definition) is 4. The third-order valence-electron chi connectivity index (χ3n) is 4.16. The molecule has 0 bridgehead atoms. The number of anilines is 1. The summed E-state index contributed by atoms with van der Waals surface area (Å²) in [6, 6.07) is 17.4. The first-order valence-corrected chi connectivity index (χ1v) is 8.14. The summed E-state index contributed by atoms with van der Waals surface area (Å²) in [7, 11) is 0. The lowest BCUT2D eigenvalue weighted by Crippen LogP contribution is -2.24. The molecule has 0 amide bonds. The molecule has 2 aromatic carbocycles. The zero-order chi connectivity index (χ0) is 16.2. The van der Waals surface area contributed by atoms with Gasteiger partial charge in [0.2, 0.25) is 0 Å². The summed E-state index contributed by atoms with van der Waals surface area (Å²) in [6.45, 7) is 4.39. The lowest BCUT2D eigenvalue weighted by Gasteiger charge is -2.24. The van der Waals surface area contributed by atoms with Crippen molar-refractivity contribution >= 4 is 17.1 Å². The first kappa shape index (κ1) is 15.6. The van der Waals surface area contributed by atoms with E-state index in [2.05, 4.69) is 60.5 Å². The minimum atomic E-state index is 0.211. The highest BCUT2D eigenvalue weighted by atomic mass is 16.4. The number of nitrogens with zero attached hydrogens (tertiary/aromatic N) is 1. The Bertz CT molecular complexity index is 767. The van der Waals surface area contributed by atoms with Crippen LogP contribution in [0.5, 0.6) is 0 Å². The van der Waals surface area contributed by atoms with Crippen LogP contribution in [0.3, 0.4) is 0 Å². The average molecular weight is 309 g/mol. The number of nitrogens with two attached hydrogens (primary N) is 1. The Balaban J connectivity index is 1.80. The third kappa shape index (κ3) is 3.54. The van der Waals surface area contributed by atoms with E-state index in [-0.39, 0.29) is 12.1 Å². The summed E-state index contributed by atoms with van der Waals surface area (Å²) in [4.78, 5) is 4.14. The van der Waals surface area contributed by atoms with Gasteiger partial charge in [-0.2, -0.15) is 4.98 Å². The van der Waals surface area contributed by atoms with Crippen LogP contribution >= 0.6 is 0 Å². The summed E-state index contributed by atoms with van der Waals surface area (Å²) in [5, 5.41) is 3.73. The van der Waals surface area contributed by atoms with Gasteiger partial charge in [-0.05, 0) is 36.6 Å². The molecule has 3 N–H and O–H groups in total. The van der Waals surface area contributed by atoms with E-state index in [9.17, 15) is 0 Å². The van der Waals surface area contributed by atoms with Crippen molar-refractivity contribution in [2.45, 2.75) is 38.8 Å². The molecular weight excluding hydrogens is 286 g/mol. The van der Waals surface area contributed by atoms with E-state index in [1.165, 1.54) is 11.1 Å². The SMILES string of the molecule is CCCC(NC(C)c1ccc2nc(N)oc2c1)c1ccccc1. The monoisotopic (exact) mass is 309 g/mol. The van der Waals surface area contributed by atoms with E-state index >= 15 is 0 Å². The summed E-state index contributed by atoms with van der Waals surface area (Å²) in [5.74, 6) is 0. The van der Waals surface area contributed by atoms with Crippen LogP contribution in [0.1, 0.15) is 49.9 Å². The fourth-order valence-electron chi connectivity index (χ4n) is 2.95. The van der Waals surface area contributed by atoms with Crippen molar-refractivity contribution in [1.29, 1.82) is 0 Å². The summed E-state index contributed by atoms with van der Waals surface area (Å²) in [6.07, 6.45) is 2.24. The van der Waals surface area contributed by atoms with Crippen LogP contribution in [0, 0.1) is 0 Å². The zero-order valence-electron chi connectivity index (χ0n) is 13.6. The molecule has 2 atom stereocenters. The number of rotatable bonds is 6. The van der Waals surface area contributed by atoms with Crippen LogP contribution in [0.4, 0.5) is 6.01 Å². The maximum atomic E-state index is 5.62. The fraction of sp³-hybridized carbons (Fsp3) is 0.316. The van der Waals surface area contributed by atoms with Gasteiger partial charge in [0.05, 0.1) is 0 Å². The van der Waals surface area contributed by atoms with Crippen LogP contribution in [-0.2, 0) is 0 Å². The van der Waals surface area contributed by atoms with E-state index in [0.717, 1.165) is 23.9 Å². The fourth-order valence-corrected chi connectivity index (χ4v) is 2.95. The second kappa shape index (κ2) is 6.84. The smallest absolute Gasteiger partial charge is 0.292 e. The number of benzene rings is 2. The maximum absolute atomic E-state index is 5.62. The van der Waals surface area contributed by atoms with Crippen molar-refractivity contribution in [2.24, 2.45) is 0 Å². The molecule has 0 spiro atoms. The molecule has 120 valence electrons. The molecule has 23 heavy (non-hydrogen) atoms. The molecule has 1 heterocycles. The molecule has 0 aliphatic heterocycles. The Morgan fingerprint density at radius 1 is 1.13 bits per heavy atom. The van der Waals surface area contributed by atoms with E-state index in [4.69, 9.17) is 10.2 Å². The van der Waals surface area contributed by atoms with Gasteiger partial charge in [0.15, 0.2) is 5.58 Å². The van der Waals surface area contributed by atoms with Gasteiger partial charge in [-0.25, -0.2) is 0 Å². The Hall–Kier alpha value is -2.33. The van der Waals surface area contributed by atoms with Crippen LogP contribution < -0.4 is 11.1 Å². The second-order valence-electron chi connectivity index (χ2n) is 5.92. The van der Waals surface area contributed by atoms with Crippen LogP contribution in [0.15, 0.2) is 52.9 Å². The second-order valence-corrected chi connectivity index (χ2v) is 5.92. The van der Waals surface area contributed by atoms with E-state index in [0.29, 0.717) is 6.04 Å². The molecule has 4 nitrogen and oxygen atoms in total. The molecule has 0 saturated carbocycles. The lowest BCUT2D eigenvalue weighted by atomic mass is 9.99. The number of oxazole rings is 1. The quantitative estimate of drug-likeness (QED) is 0.698. The molecule has 0 aliphatic rings. The van der Waals surface area contributed by atoms with Crippen molar-refractivity contribution in [1.82, 2.24) is 10.3 Å². The number of nitrogens with one attached hydrogen (secondary N) is 1. The van der Waals surface area contributed by atoms with Crippen molar-refractivity contribution in [3.05, 3.63) is 59.7 Å². The van der Waals surface area contributed by atoms with Gasteiger partial charge >= 0.3 is 0 Å². The van der Waals surface area contributed by atoms with Gasteiger partial charge in [0.1, 0.15) is 5.52 Å². The Morgan fingerprint density at radius 3 is 2.65 bits per heavy atom. The highest BCUT2D eigenvalue weighted by molar-refractivity contribution is 5.75. The zero-order valence-corrected chi connectivity index (χ0v) is 13.6. The Labute approximate surface area is 136 Å². The van der Waals surface area contributed by atoms with Gasteiger partial charge in [-0.15, -0.1) is 0 Å². The Morgan fingerprint density at radius 2 is 1.91 bits per heavy atom. The highest BCUT2D eigenvalue weighted by Gasteiger charge is 2.15. The third-order valence-corrected chi connectivity index (χ3v) is 4.16. The molecule has 4 heteroatoms. The molecule has 0 fully saturated rings. The summed E-state index contributed by atoms with van der Waals surface area (Å²) >= 11 is 0. The van der Waals surface area contributed by atoms with Crippen molar-refractivity contribution in [3.8, 4) is 0 Å². The van der Waals surface area contributed by atoms with Gasteiger partial charge in [-0.3, -0.25) is 0 Å². The minimum Gasteiger partial charge on any atom is -0.424 e. The largest absolute Gasteiger partial charge is 0.424 e. The van der Waals surface area contributed by atoms with Crippen molar-refractivity contribution in [3.63, 3.8) is 0 Å². The number of hydrogen-bond donors (Lipinski definition) is 2. The van der Waals surface area contributed by atoms with Gasteiger partial charge in [-0.1, -0.05) is 49.7 Å². The van der Waals surface area contributed by atoms with E-state index in [1.807, 2.05) is 12.1 Å². The Kier molecular flexibility index (Phi) is 4.63. The standard InChI is InChI=1S/C19H23N3O/c1-3-7-16(14-8-5-4-6-9-14)21-13(2)15-10-11-17-18(12-15)23-19(20)22-17/h4-6,8-13,16,21H,3,7H2,1-2H3,(H2,20,22). The van der Waals surface area contributed by atoms with E-state index < -0.39 is 0 Å². The van der Waals surface area contributed by atoms with Gasteiger partial charge in [0, 0.05) is 12.1 Å². The number of aromatic nitrogens is 1. The highest BCUT2D eigenvalue weighted by Crippen LogP contribution is 2.26. The van der Waals surface area contributed by atoms with Crippen LogP contribution in [-0.4, -0.2) is 4.98 Å². The average Bonchev–Trinajstić information content (AvgIpc) is 2.94.